The molecule has 3 aromatic rings. The number of alkyl carbamates (subject to hydrolysis) is 1. The third kappa shape index (κ3) is 5.49. The lowest BCUT2D eigenvalue weighted by atomic mass is 9.93. The summed E-state index contributed by atoms with van der Waals surface area (Å²) in [5.41, 5.74) is 1.15. The molecule has 0 aliphatic rings. The van der Waals surface area contributed by atoms with Crippen molar-refractivity contribution in [3.63, 3.8) is 0 Å². The van der Waals surface area contributed by atoms with Crippen molar-refractivity contribution in [1.29, 1.82) is 0 Å². The topological polar surface area (TPSA) is 77.8 Å². The fraction of sp³-hybridized carbons (Fsp3) is 0.385. The van der Waals surface area contributed by atoms with Crippen molar-refractivity contribution >= 4 is 17.1 Å². The SMILES string of the molecule is COc1ccc2c(=O)c(Cc3ccccc3)c([C@H](NC(=O)OC(C)(C)C)C(C)C)oc2c1. The van der Waals surface area contributed by atoms with E-state index >= 15 is 0 Å². The fourth-order valence-corrected chi connectivity index (χ4v) is 3.54. The van der Waals surface area contributed by atoms with Crippen molar-refractivity contribution in [2.24, 2.45) is 5.92 Å². The smallest absolute Gasteiger partial charge is 0.408 e. The Morgan fingerprint density at radius 1 is 1.09 bits per heavy atom. The Kier molecular flexibility index (Phi) is 6.92. The molecule has 0 saturated heterocycles. The predicted octanol–water partition coefficient (Wildman–Crippen LogP) is 5.61. The van der Waals surface area contributed by atoms with Gasteiger partial charge in [-0.05, 0) is 44.4 Å². The number of carbonyl (C=O) groups is 1. The summed E-state index contributed by atoms with van der Waals surface area (Å²) in [7, 11) is 1.56. The number of ether oxygens (including phenoxy) is 2. The van der Waals surface area contributed by atoms with Crippen LogP contribution >= 0.6 is 0 Å². The Morgan fingerprint density at radius 2 is 1.78 bits per heavy atom. The van der Waals surface area contributed by atoms with Crippen LogP contribution in [0.1, 0.15) is 57.5 Å². The summed E-state index contributed by atoms with van der Waals surface area (Å²) in [6.07, 6.45) is -0.171. The lowest BCUT2D eigenvalue weighted by molar-refractivity contribution is 0.0481. The van der Waals surface area contributed by atoms with Crippen molar-refractivity contribution in [2.75, 3.05) is 7.11 Å². The van der Waals surface area contributed by atoms with Crippen LogP contribution in [0.4, 0.5) is 4.79 Å². The molecule has 0 bridgehead atoms. The highest BCUT2D eigenvalue weighted by Crippen LogP contribution is 2.30. The van der Waals surface area contributed by atoms with E-state index in [0.717, 1.165) is 5.56 Å². The average Bonchev–Trinajstić information content (AvgIpc) is 2.73. The van der Waals surface area contributed by atoms with Gasteiger partial charge in [0.15, 0.2) is 5.43 Å². The first kappa shape index (κ1) is 23.4. The Labute approximate surface area is 188 Å². The normalized spacial score (nSPS) is 12.6. The molecule has 0 unspecified atom stereocenters. The zero-order valence-electron chi connectivity index (χ0n) is 19.5. The minimum Gasteiger partial charge on any atom is -0.497 e. The summed E-state index contributed by atoms with van der Waals surface area (Å²) in [6, 6.07) is 14.3. The summed E-state index contributed by atoms with van der Waals surface area (Å²) in [4.78, 5) is 26.1. The molecular weight excluding hydrogens is 406 g/mol. The minimum absolute atomic E-state index is 0.0525. The minimum atomic E-state index is -0.643. The molecular formula is C26H31NO5. The molecule has 6 nitrogen and oxygen atoms in total. The van der Waals surface area contributed by atoms with Crippen LogP contribution in [-0.2, 0) is 11.2 Å². The fourth-order valence-electron chi connectivity index (χ4n) is 3.54. The van der Waals surface area contributed by atoms with Gasteiger partial charge in [0, 0.05) is 18.1 Å². The van der Waals surface area contributed by atoms with Gasteiger partial charge in [0.2, 0.25) is 0 Å². The van der Waals surface area contributed by atoms with Crippen molar-refractivity contribution in [2.45, 2.75) is 52.7 Å². The third-order valence-electron chi connectivity index (χ3n) is 5.07. The van der Waals surface area contributed by atoms with Crippen LogP contribution in [-0.4, -0.2) is 18.8 Å². The molecule has 0 saturated carbocycles. The number of methoxy groups -OCH3 is 1. The molecule has 1 atom stereocenters. The molecule has 1 aromatic heterocycles. The number of benzene rings is 2. The highest BCUT2D eigenvalue weighted by molar-refractivity contribution is 5.79. The average molecular weight is 438 g/mol. The van der Waals surface area contributed by atoms with Gasteiger partial charge in [-0.25, -0.2) is 4.79 Å². The highest BCUT2D eigenvalue weighted by atomic mass is 16.6. The largest absolute Gasteiger partial charge is 0.497 e. The first-order valence-corrected chi connectivity index (χ1v) is 10.8. The molecule has 0 fully saturated rings. The summed E-state index contributed by atoms with van der Waals surface area (Å²) in [5.74, 6) is 0.965. The van der Waals surface area contributed by atoms with Gasteiger partial charge >= 0.3 is 6.09 Å². The zero-order valence-corrected chi connectivity index (χ0v) is 19.5. The zero-order chi connectivity index (χ0) is 23.5. The van der Waals surface area contributed by atoms with E-state index in [-0.39, 0.29) is 11.3 Å². The number of nitrogens with one attached hydrogen (secondary N) is 1. The Hall–Kier alpha value is -3.28. The quantitative estimate of drug-likeness (QED) is 0.542. The van der Waals surface area contributed by atoms with Crippen molar-refractivity contribution in [3.05, 3.63) is 75.6 Å². The number of amides is 1. The first-order chi connectivity index (χ1) is 15.1. The van der Waals surface area contributed by atoms with Gasteiger partial charge in [0.1, 0.15) is 22.7 Å². The standard InChI is InChI=1S/C26H31NO5/c1-16(2)22(27-25(29)32-26(3,4)5)24-20(14-17-10-8-7-9-11-17)23(28)19-13-12-18(30-6)15-21(19)31-24/h7-13,15-16,22H,14H2,1-6H3,(H,27,29)/t22-/m1/s1. The second-order valence-corrected chi connectivity index (χ2v) is 9.17. The Morgan fingerprint density at radius 3 is 2.38 bits per heavy atom. The second-order valence-electron chi connectivity index (χ2n) is 9.17. The maximum absolute atomic E-state index is 13.6. The monoisotopic (exact) mass is 437 g/mol. The molecule has 3 rings (SSSR count). The van der Waals surface area contributed by atoms with Crippen molar-refractivity contribution in [1.82, 2.24) is 5.32 Å². The van der Waals surface area contributed by atoms with Gasteiger partial charge in [-0.15, -0.1) is 0 Å². The van der Waals surface area contributed by atoms with Crippen LogP contribution < -0.4 is 15.5 Å². The number of rotatable bonds is 6. The van der Waals surface area contributed by atoms with Crippen molar-refractivity contribution in [3.8, 4) is 5.75 Å². The maximum Gasteiger partial charge on any atom is 0.408 e. The van der Waals surface area contributed by atoms with E-state index in [2.05, 4.69) is 5.32 Å². The van der Waals surface area contributed by atoms with Crippen LogP contribution in [0.25, 0.3) is 11.0 Å². The maximum atomic E-state index is 13.6. The van der Waals surface area contributed by atoms with Crippen LogP contribution in [0, 0.1) is 5.92 Å². The number of hydrogen-bond donors (Lipinski definition) is 1. The van der Waals surface area contributed by atoms with Crippen LogP contribution in [0.3, 0.4) is 0 Å². The summed E-state index contributed by atoms with van der Waals surface area (Å²) < 4.78 is 17.1. The molecule has 0 aliphatic heterocycles. The van der Waals surface area contributed by atoms with Gasteiger partial charge in [0.05, 0.1) is 18.5 Å². The van der Waals surface area contributed by atoms with E-state index in [1.54, 1.807) is 46.1 Å². The van der Waals surface area contributed by atoms with Crippen LogP contribution in [0.2, 0.25) is 0 Å². The molecule has 1 N–H and O–H groups in total. The van der Waals surface area contributed by atoms with Gasteiger partial charge < -0.3 is 19.2 Å². The molecule has 1 heterocycles. The third-order valence-corrected chi connectivity index (χ3v) is 5.07. The number of fused-ring (bicyclic) bond motifs is 1. The van der Waals surface area contributed by atoms with Gasteiger partial charge in [-0.3, -0.25) is 4.79 Å². The summed E-state index contributed by atoms with van der Waals surface area (Å²) >= 11 is 0. The van der Waals surface area contributed by atoms with E-state index in [0.29, 0.717) is 34.5 Å². The molecule has 0 aliphatic carbocycles. The van der Waals surface area contributed by atoms with E-state index < -0.39 is 17.7 Å². The number of carbonyl (C=O) groups excluding carboxylic acids is 1. The van der Waals surface area contributed by atoms with E-state index in [4.69, 9.17) is 13.9 Å². The molecule has 2 aromatic carbocycles. The van der Waals surface area contributed by atoms with Crippen LogP contribution in [0.15, 0.2) is 57.7 Å². The van der Waals surface area contributed by atoms with E-state index in [9.17, 15) is 9.59 Å². The van der Waals surface area contributed by atoms with Gasteiger partial charge in [-0.2, -0.15) is 0 Å². The molecule has 0 spiro atoms. The molecule has 170 valence electrons. The predicted molar refractivity (Wildman–Crippen MR) is 125 cm³/mol. The van der Waals surface area contributed by atoms with Gasteiger partial charge in [-0.1, -0.05) is 44.2 Å². The highest BCUT2D eigenvalue weighted by Gasteiger charge is 2.29. The van der Waals surface area contributed by atoms with Crippen molar-refractivity contribution < 1.29 is 18.7 Å². The van der Waals surface area contributed by atoms with E-state index in [1.165, 1.54) is 0 Å². The molecule has 1 amide bonds. The Balaban J connectivity index is 2.16. The van der Waals surface area contributed by atoms with Crippen LogP contribution in [0.5, 0.6) is 5.75 Å². The summed E-state index contributed by atoms with van der Waals surface area (Å²) in [5, 5.41) is 3.38. The number of hydrogen-bond acceptors (Lipinski definition) is 5. The Bertz CT molecular complexity index is 1140. The second kappa shape index (κ2) is 9.47. The lowest BCUT2D eigenvalue weighted by Gasteiger charge is -2.26. The lowest BCUT2D eigenvalue weighted by Crippen LogP contribution is -2.37. The summed E-state index contributed by atoms with van der Waals surface area (Å²) in [6.45, 7) is 9.34. The van der Waals surface area contributed by atoms with Gasteiger partial charge in [0.25, 0.3) is 0 Å². The molecule has 32 heavy (non-hydrogen) atoms. The first-order valence-electron chi connectivity index (χ1n) is 10.8. The molecule has 6 heteroatoms. The van der Waals surface area contributed by atoms with E-state index in [1.807, 2.05) is 44.2 Å². The molecule has 0 radical (unpaired) electrons.